The van der Waals surface area contributed by atoms with E-state index in [0.717, 1.165) is 18.4 Å². The average molecular weight is 405 g/mol. The van der Waals surface area contributed by atoms with E-state index in [1.165, 1.54) is 0 Å². The first-order valence-corrected chi connectivity index (χ1v) is 10.5. The van der Waals surface area contributed by atoms with E-state index in [2.05, 4.69) is 0 Å². The number of hydrogen-bond acceptors (Lipinski definition) is 5. The molecule has 29 heavy (non-hydrogen) atoms. The van der Waals surface area contributed by atoms with Crippen LogP contribution < -0.4 is 9.47 Å². The van der Waals surface area contributed by atoms with Crippen LogP contribution in [0.3, 0.4) is 0 Å². The zero-order chi connectivity index (χ0) is 21.0. The minimum absolute atomic E-state index is 0.0487. The highest BCUT2D eigenvalue weighted by Gasteiger charge is 2.37. The first kappa shape index (κ1) is 21.3. The highest BCUT2D eigenvalue weighted by atomic mass is 16.6. The summed E-state index contributed by atoms with van der Waals surface area (Å²) in [6.45, 7) is 9.99. The number of hydrogen-bond donors (Lipinski definition) is 0. The first-order valence-electron chi connectivity index (χ1n) is 10.5. The van der Waals surface area contributed by atoms with Gasteiger partial charge in [0, 0.05) is 25.2 Å². The summed E-state index contributed by atoms with van der Waals surface area (Å²) in [5.41, 5.74) is 0.324. The van der Waals surface area contributed by atoms with Crippen molar-refractivity contribution in [3.63, 3.8) is 0 Å². The van der Waals surface area contributed by atoms with Crippen LogP contribution >= 0.6 is 0 Å². The Balaban J connectivity index is 1.76. The van der Waals surface area contributed by atoms with Gasteiger partial charge in [-0.05, 0) is 53.0 Å². The Morgan fingerprint density at radius 2 is 1.97 bits per heavy atom. The van der Waals surface area contributed by atoms with Crippen LogP contribution in [0.15, 0.2) is 18.2 Å². The molecule has 0 bridgehead atoms. The first-order chi connectivity index (χ1) is 13.8. The van der Waals surface area contributed by atoms with Gasteiger partial charge >= 0.3 is 6.09 Å². The van der Waals surface area contributed by atoms with Crippen LogP contribution in [0.1, 0.15) is 52.5 Å². The number of rotatable bonds is 4. The molecule has 0 saturated carbocycles. The van der Waals surface area contributed by atoms with Gasteiger partial charge in [0.05, 0.1) is 0 Å². The van der Waals surface area contributed by atoms with Gasteiger partial charge in [-0.15, -0.1) is 0 Å². The third kappa shape index (κ3) is 5.14. The highest BCUT2D eigenvalue weighted by molar-refractivity contribution is 5.86. The van der Waals surface area contributed by atoms with Gasteiger partial charge in [-0.3, -0.25) is 9.69 Å². The summed E-state index contributed by atoms with van der Waals surface area (Å²) in [6, 6.07) is 5.25. The number of para-hydroxylation sites is 1. The molecule has 2 aliphatic heterocycles. The summed E-state index contributed by atoms with van der Waals surface area (Å²) in [4.78, 5) is 29.4. The lowest BCUT2D eigenvalue weighted by atomic mass is 10.0. The lowest BCUT2D eigenvalue weighted by Crippen LogP contribution is -2.53. The number of carbonyl (C=O) groups excluding carboxylic acids is 2. The van der Waals surface area contributed by atoms with Crippen molar-refractivity contribution < 1.29 is 23.8 Å². The number of nitrogens with zero attached hydrogens (tertiary/aromatic N) is 2. The average Bonchev–Trinajstić information content (AvgIpc) is 2.70. The van der Waals surface area contributed by atoms with Crippen LogP contribution in [-0.4, -0.2) is 59.7 Å². The number of amides is 2. The monoisotopic (exact) mass is 404 g/mol. The third-order valence-corrected chi connectivity index (χ3v) is 5.12. The van der Waals surface area contributed by atoms with E-state index >= 15 is 0 Å². The van der Waals surface area contributed by atoms with Gasteiger partial charge < -0.3 is 19.1 Å². The summed E-state index contributed by atoms with van der Waals surface area (Å²) in [5, 5.41) is 0. The van der Waals surface area contributed by atoms with Crippen LogP contribution in [0.4, 0.5) is 4.79 Å². The Bertz CT molecular complexity index is 743. The van der Waals surface area contributed by atoms with Crippen molar-refractivity contribution in [3.05, 3.63) is 23.8 Å². The molecule has 0 aliphatic carbocycles. The molecule has 7 nitrogen and oxygen atoms in total. The number of likely N-dealkylation sites (N-methyl/N-ethyl adjacent to an activating group) is 1. The predicted octanol–water partition coefficient (Wildman–Crippen LogP) is 3.60. The van der Waals surface area contributed by atoms with Crippen molar-refractivity contribution in [2.45, 2.75) is 65.1 Å². The molecule has 2 aliphatic rings. The summed E-state index contributed by atoms with van der Waals surface area (Å²) in [7, 11) is 0. The van der Waals surface area contributed by atoms with Crippen molar-refractivity contribution in [2.24, 2.45) is 0 Å². The number of fused-ring (bicyclic) bond motifs is 1. The van der Waals surface area contributed by atoms with E-state index in [-0.39, 0.29) is 5.91 Å². The Labute approximate surface area is 172 Å². The van der Waals surface area contributed by atoms with Gasteiger partial charge in [0.2, 0.25) is 5.91 Å². The maximum Gasteiger partial charge on any atom is 0.410 e. The molecule has 1 saturated heterocycles. The molecule has 1 aromatic rings. The molecule has 1 aromatic carbocycles. The Kier molecular flexibility index (Phi) is 6.55. The van der Waals surface area contributed by atoms with E-state index in [4.69, 9.17) is 14.2 Å². The van der Waals surface area contributed by atoms with E-state index in [1.807, 2.05) is 45.9 Å². The van der Waals surface area contributed by atoms with Crippen molar-refractivity contribution in [1.29, 1.82) is 0 Å². The van der Waals surface area contributed by atoms with Gasteiger partial charge in [0.15, 0.2) is 11.5 Å². The fourth-order valence-electron chi connectivity index (χ4n) is 3.75. The van der Waals surface area contributed by atoms with Gasteiger partial charge in [-0.25, -0.2) is 4.79 Å². The van der Waals surface area contributed by atoms with Gasteiger partial charge in [0.25, 0.3) is 0 Å². The summed E-state index contributed by atoms with van der Waals surface area (Å²) in [5.74, 6) is 1.37. The summed E-state index contributed by atoms with van der Waals surface area (Å²) in [6.07, 6.45) is 2.04. The predicted molar refractivity (Wildman–Crippen MR) is 109 cm³/mol. The van der Waals surface area contributed by atoms with Crippen molar-refractivity contribution >= 4 is 12.0 Å². The number of benzene rings is 1. The molecule has 3 rings (SSSR count). The van der Waals surface area contributed by atoms with Crippen LogP contribution in [0.25, 0.3) is 0 Å². The second-order valence-corrected chi connectivity index (χ2v) is 8.48. The van der Waals surface area contributed by atoms with Crippen molar-refractivity contribution in [1.82, 2.24) is 9.80 Å². The molecule has 1 fully saturated rings. The fraction of sp³-hybridized carbons (Fsp3) is 0.636. The topological polar surface area (TPSA) is 68.3 Å². The normalized spacial score (nSPS) is 18.9. The van der Waals surface area contributed by atoms with Gasteiger partial charge in [0.1, 0.15) is 24.9 Å². The number of carbonyl (C=O) groups is 2. The SMILES string of the molecule is CCN(Cc1cccc2c1OCCO2)C(=O)C1CCCCN1C(=O)OC(C)(C)C. The molecule has 1 atom stereocenters. The second kappa shape index (κ2) is 8.93. The third-order valence-electron chi connectivity index (χ3n) is 5.12. The molecule has 2 amide bonds. The standard InChI is InChI=1S/C22H32N2O5/c1-5-23(15-16-9-8-11-18-19(16)28-14-13-27-18)20(25)17-10-6-7-12-24(17)21(26)29-22(2,3)4/h8-9,11,17H,5-7,10,12-15H2,1-4H3. The maximum absolute atomic E-state index is 13.4. The summed E-state index contributed by atoms with van der Waals surface area (Å²) >= 11 is 0. The van der Waals surface area contributed by atoms with Gasteiger partial charge in [-0.1, -0.05) is 12.1 Å². The number of ether oxygens (including phenoxy) is 3. The van der Waals surface area contributed by atoms with Crippen molar-refractivity contribution in [2.75, 3.05) is 26.3 Å². The molecule has 0 spiro atoms. The smallest absolute Gasteiger partial charge is 0.410 e. The molecule has 7 heteroatoms. The van der Waals surface area contributed by atoms with E-state index < -0.39 is 17.7 Å². The molecule has 0 aromatic heterocycles. The van der Waals surface area contributed by atoms with Crippen molar-refractivity contribution in [3.8, 4) is 11.5 Å². The molecule has 160 valence electrons. The van der Waals surface area contributed by atoms with Crippen LogP contribution in [0.5, 0.6) is 11.5 Å². The Morgan fingerprint density at radius 3 is 2.69 bits per heavy atom. The largest absolute Gasteiger partial charge is 0.486 e. The zero-order valence-electron chi connectivity index (χ0n) is 17.9. The second-order valence-electron chi connectivity index (χ2n) is 8.48. The minimum Gasteiger partial charge on any atom is -0.486 e. The van der Waals surface area contributed by atoms with Gasteiger partial charge in [-0.2, -0.15) is 0 Å². The lowest BCUT2D eigenvalue weighted by Gasteiger charge is -2.38. The lowest BCUT2D eigenvalue weighted by molar-refractivity contribution is -0.138. The molecule has 0 N–H and O–H groups in total. The molecular weight excluding hydrogens is 372 g/mol. The van der Waals surface area contributed by atoms with E-state index in [1.54, 1.807) is 9.80 Å². The number of piperidine rings is 1. The van der Waals surface area contributed by atoms with Crippen LogP contribution in [-0.2, 0) is 16.1 Å². The quantitative estimate of drug-likeness (QED) is 0.767. The Hall–Kier alpha value is -2.44. The van der Waals surface area contributed by atoms with E-state index in [9.17, 15) is 9.59 Å². The fourth-order valence-corrected chi connectivity index (χ4v) is 3.75. The number of likely N-dealkylation sites (tertiary alicyclic amines) is 1. The minimum atomic E-state index is -0.590. The van der Waals surface area contributed by atoms with Crippen LogP contribution in [0, 0.1) is 0 Å². The van der Waals surface area contributed by atoms with E-state index in [0.29, 0.717) is 50.8 Å². The maximum atomic E-state index is 13.4. The molecule has 1 unspecified atom stereocenters. The zero-order valence-corrected chi connectivity index (χ0v) is 17.9. The highest BCUT2D eigenvalue weighted by Crippen LogP contribution is 2.34. The molecule has 0 radical (unpaired) electrons. The van der Waals surface area contributed by atoms with Crippen LogP contribution in [0.2, 0.25) is 0 Å². The molecule has 2 heterocycles. The summed E-state index contributed by atoms with van der Waals surface area (Å²) < 4.78 is 17.0. The molecular formula is C22H32N2O5. The Morgan fingerprint density at radius 1 is 1.21 bits per heavy atom.